The molecule has 0 fully saturated rings. The highest BCUT2D eigenvalue weighted by molar-refractivity contribution is 7.99. The van der Waals surface area contributed by atoms with E-state index in [0.717, 1.165) is 40.6 Å². The number of aryl methyl sites for hydroxylation is 2. The van der Waals surface area contributed by atoms with E-state index in [4.69, 9.17) is 0 Å². The van der Waals surface area contributed by atoms with Crippen molar-refractivity contribution in [3.05, 3.63) is 17.7 Å². The summed E-state index contributed by atoms with van der Waals surface area (Å²) in [5.41, 5.74) is 0. The number of nitrogens with one attached hydrogen (secondary N) is 1. The number of aromatic nitrogens is 5. The van der Waals surface area contributed by atoms with E-state index in [2.05, 4.69) is 32.4 Å². The Morgan fingerprint density at radius 2 is 2.05 bits per heavy atom. The van der Waals surface area contributed by atoms with Crippen molar-refractivity contribution in [2.24, 2.45) is 7.05 Å². The summed E-state index contributed by atoms with van der Waals surface area (Å²) in [6, 6.07) is 1.94. The molecule has 0 radical (unpaired) electrons. The largest absolute Gasteiger partial charge is 0.370 e. The summed E-state index contributed by atoms with van der Waals surface area (Å²) in [5, 5.41) is 13.1. The van der Waals surface area contributed by atoms with Crippen LogP contribution in [-0.2, 0) is 7.05 Å². The van der Waals surface area contributed by atoms with Gasteiger partial charge in [-0.15, -0.1) is 10.2 Å². The molecule has 2 aromatic heterocycles. The van der Waals surface area contributed by atoms with Gasteiger partial charge in [0, 0.05) is 19.7 Å². The van der Waals surface area contributed by atoms with Crippen molar-refractivity contribution in [2.45, 2.75) is 37.4 Å². The summed E-state index contributed by atoms with van der Waals surface area (Å²) in [6.45, 7) is 6.85. The fraction of sp³-hybridized carbons (Fsp3) is 0.500. The molecule has 1 N–H and O–H groups in total. The van der Waals surface area contributed by atoms with Crippen LogP contribution in [-0.4, -0.2) is 31.3 Å². The molecule has 102 valence electrons. The van der Waals surface area contributed by atoms with Crippen LogP contribution in [0.5, 0.6) is 0 Å². The summed E-state index contributed by atoms with van der Waals surface area (Å²) in [5.74, 6) is 2.50. The van der Waals surface area contributed by atoms with Crippen molar-refractivity contribution in [3.8, 4) is 0 Å². The summed E-state index contributed by atoms with van der Waals surface area (Å²) >= 11 is 1.50. The van der Waals surface area contributed by atoms with Gasteiger partial charge in [-0.2, -0.15) is 0 Å². The van der Waals surface area contributed by atoms with Crippen molar-refractivity contribution in [1.82, 2.24) is 24.7 Å². The molecule has 2 heterocycles. The van der Waals surface area contributed by atoms with Gasteiger partial charge in [0.2, 0.25) is 0 Å². The predicted octanol–water partition coefficient (Wildman–Crippen LogP) is 2.20. The third-order valence-corrected chi connectivity index (χ3v) is 3.58. The number of rotatable bonds is 5. The molecule has 0 spiro atoms. The van der Waals surface area contributed by atoms with Crippen LogP contribution in [0.1, 0.15) is 25.0 Å². The van der Waals surface area contributed by atoms with Crippen LogP contribution in [0.3, 0.4) is 0 Å². The molecule has 0 unspecified atom stereocenters. The molecule has 0 saturated carbocycles. The molecular weight excluding hydrogens is 260 g/mol. The SMILES string of the molecule is CCCNc1cc(Sc2nnc(C)n2C)nc(C)n1. The lowest BCUT2D eigenvalue weighted by Gasteiger charge is -2.07. The Labute approximate surface area is 117 Å². The van der Waals surface area contributed by atoms with E-state index in [-0.39, 0.29) is 0 Å². The maximum absolute atomic E-state index is 4.42. The van der Waals surface area contributed by atoms with Gasteiger partial charge in [0.1, 0.15) is 22.5 Å². The van der Waals surface area contributed by atoms with Crippen LogP contribution < -0.4 is 5.32 Å². The van der Waals surface area contributed by atoms with Crippen LogP contribution in [0, 0.1) is 13.8 Å². The van der Waals surface area contributed by atoms with Gasteiger partial charge in [0.05, 0.1) is 0 Å². The van der Waals surface area contributed by atoms with Gasteiger partial charge in [-0.3, -0.25) is 0 Å². The Kier molecular flexibility index (Phi) is 4.36. The highest BCUT2D eigenvalue weighted by atomic mass is 32.2. The number of hydrogen-bond acceptors (Lipinski definition) is 6. The second kappa shape index (κ2) is 6.01. The first-order valence-electron chi connectivity index (χ1n) is 6.23. The second-order valence-electron chi connectivity index (χ2n) is 4.26. The highest BCUT2D eigenvalue weighted by Crippen LogP contribution is 2.25. The lowest BCUT2D eigenvalue weighted by atomic mass is 10.4. The zero-order valence-corrected chi connectivity index (χ0v) is 12.5. The molecule has 0 aliphatic carbocycles. The van der Waals surface area contributed by atoms with Crippen LogP contribution in [0.2, 0.25) is 0 Å². The fourth-order valence-electron chi connectivity index (χ4n) is 1.51. The minimum Gasteiger partial charge on any atom is -0.370 e. The van der Waals surface area contributed by atoms with E-state index < -0.39 is 0 Å². The van der Waals surface area contributed by atoms with Crippen molar-refractivity contribution in [1.29, 1.82) is 0 Å². The van der Waals surface area contributed by atoms with E-state index in [9.17, 15) is 0 Å². The molecule has 0 saturated heterocycles. The van der Waals surface area contributed by atoms with Gasteiger partial charge in [-0.1, -0.05) is 6.92 Å². The lowest BCUT2D eigenvalue weighted by Crippen LogP contribution is -2.04. The normalized spacial score (nSPS) is 10.7. The molecule has 19 heavy (non-hydrogen) atoms. The van der Waals surface area contributed by atoms with Crippen LogP contribution >= 0.6 is 11.8 Å². The first-order chi connectivity index (χ1) is 9.10. The first kappa shape index (κ1) is 13.8. The van der Waals surface area contributed by atoms with Gasteiger partial charge in [-0.05, 0) is 32.0 Å². The average molecular weight is 278 g/mol. The summed E-state index contributed by atoms with van der Waals surface area (Å²) in [6.07, 6.45) is 1.06. The van der Waals surface area contributed by atoms with Crippen LogP contribution in [0.4, 0.5) is 5.82 Å². The monoisotopic (exact) mass is 278 g/mol. The Hall–Kier alpha value is -1.63. The Balaban J connectivity index is 2.20. The smallest absolute Gasteiger partial charge is 0.197 e. The van der Waals surface area contributed by atoms with Gasteiger partial charge in [0.25, 0.3) is 0 Å². The molecule has 0 atom stereocenters. The van der Waals surface area contributed by atoms with Crippen molar-refractivity contribution in [2.75, 3.05) is 11.9 Å². The number of hydrogen-bond donors (Lipinski definition) is 1. The Bertz CT molecular complexity index is 565. The molecule has 0 aliphatic rings. The molecule has 7 heteroatoms. The predicted molar refractivity (Wildman–Crippen MR) is 75.4 cm³/mol. The topological polar surface area (TPSA) is 68.5 Å². The number of anilines is 1. The van der Waals surface area contributed by atoms with Crippen molar-refractivity contribution < 1.29 is 0 Å². The summed E-state index contributed by atoms with van der Waals surface area (Å²) in [7, 11) is 1.95. The third kappa shape index (κ3) is 3.44. The van der Waals surface area contributed by atoms with E-state index in [1.807, 2.05) is 31.5 Å². The van der Waals surface area contributed by atoms with Crippen LogP contribution in [0.25, 0.3) is 0 Å². The number of nitrogens with zero attached hydrogens (tertiary/aromatic N) is 5. The van der Waals surface area contributed by atoms with Crippen molar-refractivity contribution in [3.63, 3.8) is 0 Å². The molecule has 2 rings (SSSR count). The highest BCUT2D eigenvalue weighted by Gasteiger charge is 2.09. The van der Waals surface area contributed by atoms with E-state index in [0.29, 0.717) is 0 Å². The van der Waals surface area contributed by atoms with Gasteiger partial charge in [-0.25, -0.2) is 9.97 Å². The zero-order valence-electron chi connectivity index (χ0n) is 11.6. The Morgan fingerprint density at radius 1 is 1.26 bits per heavy atom. The molecule has 0 bridgehead atoms. The summed E-state index contributed by atoms with van der Waals surface area (Å²) < 4.78 is 1.95. The van der Waals surface area contributed by atoms with E-state index >= 15 is 0 Å². The molecule has 0 amide bonds. The second-order valence-corrected chi connectivity index (χ2v) is 5.24. The quantitative estimate of drug-likeness (QED) is 0.846. The minimum atomic E-state index is 0.752. The standard InChI is InChI=1S/C12H18N6S/c1-5-6-13-10-7-11(15-8(2)14-10)19-12-17-16-9(3)18(12)4/h7H,5-6H2,1-4H3,(H,13,14,15). The van der Waals surface area contributed by atoms with Gasteiger partial charge < -0.3 is 9.88 Å². The maximum atomic E-state index is 4.42. The van der Waals surface area contributed by atoms with Gasteiger partial charge in [0.15, 0.2) is 5.16 Å². The first-order valence-corrected chi connectivity index (χ1v) is 7.05. The molecule has 2 aromatic rings. The van der Waals surface area contributed by atoms with E-state index in [1.54, 1.807) is 0 Å². The molecule has 0 aromatic carbocycles. The fourth-order valence-corrected chi connectivity index (χ4v) is 2.39. The Morgan fingerprint density at radius 3 is 2.68 bits per heavy atom. The molecular formula is C12H18N6S. The van der Waals surface area contributed by atoms with Crippen molar-refractivity contribution >= 4 is 17.6 Å². The maximum Gasteiger partial charge on any atom is 0.197 e. The third-order valence-electron chi connectivity index (χ3n) is 2.62. The summed E-state index contributed by atoms with van der Waals surface area (Å²) in [4.78, 5) is 8.78. The minimum absolute atomic E-state index is 0.752. The van der Waals surface area contributed by atoms with Crippen LogP contribution in [0.15, 0.2) is 16.2 Å². The molecule has 6 nitrogen and oxygen atoms in total. The average Bonchev–Trinajstić information content (AvgIpc) is 2.68. The van der Waals surface area contributed by atoms with E-state index in [1.165, 1.54) is 11.8 Å². The zero-order chi connectivity index (χ0) is 13.8. The molecule has 0 aliphatic heterocycles. The lowest BCUT2D eigenvalue weighted by molar-refractivity contribution is 0.764. The van der Waals surface area contributed by atoms with Gasteiger partial charge >= 0.3 is 0 Å².